The van der Waals surface area contributed by atoms with E-state index in [2.05, 4.69) is 15.6 Å². The molecule has 3 heterocycles. The molecule has 2 saturated heterocycles. The van der Waals surface area contributed by atoms with Gasteiger partial charge in [0.1, 0.15) is 23.7 Å². The SMILES string of the molecule is CC[C@H]1OC(=O)[C@H](C)C(=O)[C@H](C)[C@@H](O[C@@H]2O[C@H](C)C[C@H](N(C)C)[C@H]2O)[C@](C)(OC[C@@H](O)CNCc2ccc3ncccc3c2)C[C@@H](C)NC(=O)[C@H](C)[C@@H](O)[C@]1(C)O. The van der Waals surface area contributed by atoms with Crippen LogP contribution >= 0.6 is 0 Å². The zero-order valence-electron chi connectivity index (χ0n) is 35.2. The fourth-order valence-electron chi connectivity index (χ4n) is 8.20. The van der Waals surface area contributed by atoms with E-state index in [0.717, 1.165) is 16.5 Å². The first-order chi connectivity index (χ1) is 26.7. The number of aliphatic hydroxyl groups is 4. The van der Waals surface area contributed by atoms with Gasteiger partial charge in [0.15, 0.2) is 12.1 Å². The van der Waals surface area contributed by atoms with Gasteiger partial charge in [0, 0.05) is 42.7 Å². The number of likely N-dealkylation sites (N-methyl/N-ethyl adjacent to an activating group) is 1. The number of aliphatic hydroxyl groups excluding tert-OH is 3. The van der Waals surface area contributed by atoms with Gasteiger partial charge in [-0.1, -0.05) is 32.9 Å². The Morgan fingerprint density at radius 3 is 2.44 bits per heavy atom. The van der Waals surface area contributed by atoms with E-state index in [4.69, 9.17) is 18.9 Å². The van der Waals surface area contributed by atoms with Gasteiger partial charge in [-0.05, 0) is 91.7 Å². The van der Waals surface area contributed by atoms with E-state index >= 15 is 0 Å². The maximum absolute atomic E-state index is 14.4. The van der Waals surface area contributed by atoms with E-state index in [-0.39, 0.29) is 38.1 Å². The Labute approximate surface area is 336 Å². The summed E-state index contributed by atoms with van der Waals surface area (Å²) >= 11 is 0. The molecule has 2 aromatic rings. The first kappa shape index (κ1) is 46.6. The summed E-state index contributed by atoms with van der Waals surface area (Å²) < 4.78 is 25.1. The summed E-state index contributed by atoms with van der Waals surface area (Å²) in [6.07, 6.45) is -5.39. The van der Waals surface area contributed by atoms with Crippen molar-refractivity contribution in [3.05, 3.63) is 42.1 Å². The molecule has 1 aromatic heterocycles. The van der Waals surface area contributed by atoms with E-state index in [9.17, 15) is 34.8 Å². The van der Waals surface area contributed by atoms with Crippen LogP contribution in [0.1, 0.15) is 80.2 Å². The smallest absolute Gasteiger partial charge is 0.316 e. The molecule has 15 nitrogen and oxygen atoms in total. The average Bonchev–Trinajstić information content (AvgIpc) is 3.16. The van der Waals surface area contributed by atoms with Crippen molar-refractivity contribution < 1.29 is 53.8 Å². The molecule has 15 heteroatoms. The minimum Gasteiger partial charge on any atom is -0.459 e. The maximum atomic E-state index is 14.4. The van der Waals surface area contributed by atoms with Gasteiger partial charge in [-0.25, -0.2) is 0 Å². The normalized spacial score (nSPS) is 37.0. The van der Waals surface area contributed by atoms with Crippen LogP contribution in [0.4, 0.5) is 0 Å². The highest BCUT2D eigenvalue weighted by Crippen LogP contribution is 2.36. The number of nitrogens with zero attached hydrogens (tertiary/aromatic N) is 2. The number of carbonyl (C=O) groups is 3. The van der Waals surface area contributed by atoms with Crippen LogP contribution in [0.2, 0.25) is 0 Å². The lowest BCUT2D eigenvalue weighted by atomic mass is 9.79. The van der Waals surface area contributed by atoms with Crippen molar-refractivity contribution in [2.45, 2.75) is 147 Å². The third-order valence-corrected chi connectivity index (χ3v) is 11.7. The Bertz CT molecular complexity index is 1660. The van der Waals surface area contributed by atoms with Crippen LogP contribution in [0.3, 0.4) is 0 Å². The summed E-state index contributed by atoms with van der Waals surface area (Å²) in [7, 11) is 3.69. The molecule has 4 rings (SSSR count). The highest BCUT2D eigenvalue weighted by Gasteiger charge is 2.51. The number of Topliss-reactive ketones (excluding diaryl/α,β-unsaturated/α-hetero) is 1. The number of rotatable bonds is 11. The molecule has 14 atom stereocenters. The summed E-state index contributed by atoms with van der Waals surface area (Å²) in [5, 5.41) is 52.6. The quantitative estimate of drug-likeness (QED) is 0.142. The molecule has 2 fully saturated rings. The van der Waals surface area contributed by atoms with Gasteiger partial charge in [0.2, 0.25) is 5.91 Å². The lowest BCUT2D eigenvalue weighted by Gasteiger charge is -2.47. The van der Waals surface area contributed by atoms with Crippen molar-refractivity contribution in [3.8, 4) is 0 Å². The fraction of sp³-hybridized carbons (Fsp3) is 0.714. The lowest BCUT2D eigenvalue weighted by molar-refractivity contribution is -0.298. The van der Waals surface area contributed by atoms with Gasteiger partial charge in [0.05, 0.1) is 48.1 Å². The number of cyclic esters (lactones) is 1. The fourth-order valence-corrected chi connectivity index (χ4v) is 8.20. The zero-order valence-corrected chi connectivity index (χ0v) is 35.2. The van der Waals surface area contributed by atoms with Crippen molar-refractivity contribution in [3.63, 3.8) is 0 Å². The number of hydrogen-bond donors (Lipinski definition) is 6. The first-order valence-electron chi connectivity index (χ1n) is 20.2. The largest absolute Gasteiger partial charge is 0.459 e. The number of fused-ring (bicyclic) bond motifs is 1. The third-order valence-electron chi connectivity index (χ3n) is 11.7. The number of aromatic nitrogens is 1. The van der Waals surface area contributed by atoms with E-state index in [1.54, 1.807) is 33.9 Å². The second kappa shape index (κ2) is 19.8. The Hall–Kier alpha value is -3.12. The zero-order chi connectivity index (χ0) is 42.4. The maximum Gasteiger partial charge on any atom is 0.316 e. The van der Waals surface area contributed by atoms with E-state index < -0.39 is 89.5 Å². The number of nitrogens with one attached hydrogen (secondary N) is 2. The third kappa shape index (κ3) is 11.3. The Morgan fingerprint density at radius 2 is 1.77 bits per heavy atom. The number of carbonyl (C=O) groups excluding carboxylic acids is 3. The molecule has 1 aromatic carbocycles. The summed E-state index contributed by atoms with van der Waals surface area (Å²) in [6.45, 7) is 13.1. The van der Waals surface area contributed by atoms with Gasteiger partial charge in [0.25, 0.3) is 0 Å². The van der Waals surface area contributed by atoms with E-state index in [1.807, 2.05) is 56.3 Å². The van der Waals surface area contributed by atoms with Gasteiger partial charge >= 0.3 is 5.97 Å². The summed E-state index contributed by atoms with van der Waals surface area (Å²) in [5.74, 6) is -5.63. The number of pyridine rings is 1. The minimum absolute atomic E-state index is 0.0252. The van der Waals surface area contributed by atoms with Crippen LogP contribution in [0.5, 0.6) is 0 Å². The average molecular weight is 803 g/mol. The van der Waals surface area contributed by atoms with Gasteiger partial charge in [-0.3, -0.25) is 19.4 Å². The molecule has 0 unspecified atom stereocenters. The monoisotopic (exact) mass is 802 g/mol. The molecular weight excluding hydrogens is 736 g/mol. The number of hydrogen-bond acceptors (Lipinski definition) is 14. The van der Waals surface area contributed by atoms with Crippen LogP contribution < -0.4 is 10.6 Å². The number of amides is 1. The van der Waals surface area contributed by atoms with Crippen molar-refractivity contribution in [2.24, 2.45) is 17.8 Å². The van der Waals surface area contributed by atoms with Crippen molar-refractivity contribution in [2.75, 3.05) is 27.2 Å². The molecule has 0 saturated carbocycles. The molecular formula is C42H66N4O11. The van der Waals surface area contributed by atoms with E-state index in [1.165, 1.54) is 20.8 Å². The molecule has 6 N–H and O–H groups in total. The molecule has 2 aliphatic rings. The van der Waals surface area contributed by atoms with Crippen LogP contribution in [-0.2, 0) is 39.9 Å². The first-order valence-corrected chi connectivity index (χ1v) is 20.2. The van der Waals surface area contributed by atoms with Crippen LogP contribution in [0.25, 0.3) is 10.9 Å². The van der Waals surface area contributed by atoms with Crippen molar-refractivity contribution in [1.29, 1.82) is 0 Å². The second-order valence-corrected chi connectivity index (χ2v) is 16.9. The summed E-state index contributed by atoms with van der Waals surface area (Å²) in [4.78, 5) is 47.8. The summed E-state index contributed by atoms with van der Waals surface area (Å²) in [5.41, 5.74) is -1.62. The summed E-state index contributed by atoms with van der Waals surface area (Å²) in [6, 6.07) is 8.76. The molecule has 320 valence electrons. The van der Waals surface area contributed by atoms with Crippen molar-refractivity contribution in [1.82, 2.24) is 20.5 Å². The number of ether oxygens (including phenoxy) is 4. The molecule has 0 bridgehead atoms. The van der Waals surface area contributed by atoms with Crippen molar-refractivity contribution >= 4 is 28.6 Å². The second-order valence-electron chi connectivity index (χ2n) is 16.9. The predicted molar refractivity (Wildman–Crippen MR) is 213 cm³/mol. The number of esters is 1. The molecule has 2 aliphatic heterocycles. The van der Waals surface area contributed by atoms with Gasteiger partial charge in [-0.15, -0.1) is 0 Å². The lowest BCUT2D eigenvalue weighted by Crippen LogP contribution is -2.60. The number of ketones is 1. The topological polar surface area (TPSA) is 209 Å². The molecule has 0 aliphatic carbocycles. The highest BCUT2D eigenvalue weighted by atomic mass is 16.7. The molecule has 1 amide bonds. The molecule has 0 spiro atoms. The Balaban J connectivity index is 1.68. The minimum atomic E-state index is -2.04. The van der Waals surface area contributed by atoms with Gasteiger partial charge < -0.3 is 54.9 Å². The Morgan fingerprint density at radius 1 is 1.07 bits per heavy atom. The van der Waals surface area contributed by atoms with E-state index in [0.29, 0.717) is 13.0 Å². The van der Waals surface area contributed by atoms with Crippen LogP contribution in [0.15, 0.2) is 36.5 Å². The predicted octanol–water partition coefficient (Wildman–Crippen LogP) is 2.09. The standard InChI is InChI=1S/C42H66N4O11/c1-11-33-42(8,53)36(50)27(6)38(51)45-23(2)19-41(7,54-22-30(47)21-43-20-28-14-15-31-29(18-28)13-12-16-44-31)37(25(4)34(48)26(5)39(52)56-33)57-40-35(49)32(46(9)10)17-24(3)55-40/h12-16,18,23-27,30,32-33,35-37,40,43,47,49-50,53H,11,17,19-22H2,1-10H3,(H,45,51)/t23-,24-,25+,26-,27-,30+,32+,33-,35-,36-,37-,40+,41-,42-/m1/s1. The Kier molecular flexibility index (Phi) is 16.1. The van der Waals surface area contributed by atoms with Crippen LogP contribution in [0, 0.1) is 17.8 Å². The molecule has 0 radical (unpaired) electrons. The van der Waals surface area contributed by atoms with Crippen LogP contribution in [-0.4, -0.2) is 141 Å². The highest BCUT2D eigenvalue weighted by molar-refractivity contribution is 6.00. The van der Waals surface area contributed by atoms with Gasteiger partial charge in [-0.2, -0.15) is 0 Å². The number of benzene rings is 1. The molecule has 57 heavy (non-hydrogen) atoms.